The molecule has 1 unspecified atom stereocenters. The number of nitrogens with one attached hydrogen (secondary N) is 2. The van der Waals surface area contributed by atoms with E-state index in [2.05, 4.69) is 15.3 Å². The van der Waals surface area contributed by atoms with Crippen LogP contribution in [-0.2, 0) is 10.8 Å². The van der Waals surface area contributed by atoms with Gasteiger partial charge in [-0.1, -0.05) is 0 Å². The minimum absolute atomic E-state index is 0.156. The first-order valence-electron chi connectivity index (χ1n) is 8.78. The van der Waals surface area contributed by atoms with E-state index in [1.165, 1.54) is 12.5 Å². The molecule has 1 amide bonds. The number of imidazole rings is 1. The molecular formula is C20H21N3O5S. The van der Waals surface area contributed by atoms with E-state index in [0.29, 0.717) is 33.5 Å². The van der Waals surface area contributed by atoms with E-state index in [1.54, 1.807) is 55.6 Å². The second kappa shape index (κ2) is 9.35. The highest BCUT2D eigenvalue weighted by Crippen LogP contribution is 2.31. The first-order chi connectivity index (χ1) is 13.9. The van der Waals surface area contributed by atoms with Crippen molar-refractivity contribution in [3.05, 3.63) is 60.7 Å². The number of aliphatic hydroxyl groups excluding tert-OH is 1. The number of H-pyrrole nitrogens is 1. The van der Waals surface area contributed by atoms with Gasteiger partial charge >= 0.3 is 0 Å². The summed E-state index contributed by atoms with van der Waals surface area (Å²) in [5, 5.41) is 12.0. The molecule has 0 aliphatic heterocycles. The lowest BCUT2D eigenvalue weighted by molar-refractivity contribution is 0.102. The van der Waals surface area contributed by atoms with Gasteiger partial charge in [-0.3, -0.25) is 9.00 Å². The molecule has 2 aromatic carbocycles. The van der Waals surface area contributed by atoms with Crippen LogP contribution < -0.4 is 14.8 Å². The minimum atomic E-state index is -1.08. The Morgan fingerprint density at radius 1 is 1.21 bits per heavy atom. The summed E-state index contributed by atoms with van der Waals surface area (Å²) in [6, 6.07) is 11.8. The summed E-state index contributed by atoms with van der Waals surface area (Å²) in [4.78, 5) is 19.6. The Morgan fingerprint density at radius 3 is 2.55 bits per heavy atom. The quantitative estimate of drug-likeness (QED) is 0.521. The highest BCUT2D eigenvalue weighted by Gasteiger charge is 2.12. The summed E-state index contributed by atoms with van der Waals surface area (Å²) >= 11 is 0. The summed E-state index contributed by atoms with van der Waals surface area (Å²) < 4.78 is 23.1. The molecule has 3 rings (SSSR count). The van der Waals surface area contributed by atoms with Gasteiger partial charge in [-0.2, -0.15) is 0 Å². The van der Waals surface area contributed by atoms with Crippen LogP contribution in [0.1, 0.15) is 17.4 Å². The van der Waals surface area contributed by atoms with Crippen molar-refractivity contribution in [1.29, 1.82) is 0 Å². The molecule has 0 fully saturated rings. The van der Waals surface area contributed by atoms with E-state index < -0.39 is 16.9 Å². The van der Waals surface area contributed by atoms with Crippen LogP contribution >= 0.6 is 0 Å². The standard InChI is InChI=1S/C20H21N3O5S/c1-13(11-24)27-16-7-14(23-20(25)19-10-21-12-22-19)8-17(9-16)28-15-3-5-18(6-4-15)29(2)26/h3-10,12-13,24H,11H2,1-2H3,(H,21,22)(H,23,25)/t13-,29?/m0/s1. The van der Waals surface area contributed by atoms with Crippen LogP contribution in [0.25, 0.3) is 0 Å². The summed E-state index contributed by atoms with van der Waals surface area (Å²) in [5.41, 5.74) is 0.763. The minimum Gasteiger partial charge on any atom is -0.488 e. The molecule has 3 aromatic rings. The van der Waals surface area contributed by atoms with Gasteiger partial charge in [-0.15, -0.1) is 0 Å². The number of benzene rings is 2. The predicted molar refractivity (Wildman–Crippen MR) is 109 cm³/mol. The first kappa shape index (κ1) is 20.6. The highest BCUT2D eigenvalue weighted by molar-refractivity contribution is 7.84. The van der Waals surface area contributed by atoms with Crippen molar-refractivity contribution < 1.29 is 23.6 Å². The summed E-state index contributed by atoms with van der Waals surface area (Å²) in [5.74, 6) is 1.03. The molecule has 0 aliphatic rings. The number of hydrogen-bond donors (Lipinski definition) is 3. The average molecular weight is 415 g/mol. The van der Waals surface area contributed by atoms with Crippen LogP contribution in [0.5, 0.6) is 17.2 Å². The molecule has 1 aromatic heterocycles. The highest BCUT2D eigenvalue weighted by atomic mass is 32.2. The molecular weight excluding hydrogens is 394 g/mol. The molecule has 1 heterocycles. The van der Waals surface area contributed by atoms with Crippen LogP contribution in [0.3, 0.4) is 0 Å². The van der Waals surface area contributed by atoms with E-state index in [0.717, 1.165) is 0 Å². The zero-order chi connectivity index (χ0) is 20.8. The number of ether oxygens (including phenoxy) is 2. The third kappa shape index (κ3) is 5.66. The van der Waals surface area contributed by atoms with Crippen LogP contribution in [0.2, 0.25) is 0 Å². The van der Waals surface area contributed by atoms with Crippen LogP contribution in [0.4, 0.5) is 5.69 Å². The van der Waals surface area contributed by atoms with E-state index in [-0.39, 0.29) is 12.5 Å². The summed E-state index contributed by atoms with van der Waals surface area (Å²) in [6.07, 6.45) is 4.01. The maximum absolute atomic E-state index is 12.3. The number of anilines is 1. The number of aromatic amines is 1. The van der Waals surface area contributed by atoms with Crippen molar-refractivity contribution in [2.75, 3.05) is 18.2 Å². The van der Waals surface area contributed by atoms with Gasteiger partial charge in [0.05, 0.1) is 19.1 Å². The number of amides is 1. The van der Waals surface area contributed by atoms with Gasteiger partial charge in [-0.25, -0.2) is 4.98 Å². The van der Waals surface area contributed by atoms with Gasteiger partial charge in [0.1, 0.15) is 29.0 Å². The maximum Gasteiger partial charge on any atom is 0.273 e. The topological polar surface area (TPSA) is 114 Å². The Morgan fingerprint density at radius 2 is 1.93 bits per heavy atom. The molecule has 0 radical (unpaired) electrons. The molecule has 0 saturated heterocycles. The lowest BCUT2D eigenvalue weighted by Gasteiger charge is -2.15. The lowest BCUT2D eigenvalue weighted by Crippen LogP contribution is -2.17. The van der Waals surface area contributed by atoms with E-state index in [4.69, 9.17) is 9.47 Å². The van der Waals surface area contributed by atoms with Crippen molar-refractivity contribution in [3.63, 3.8) is 0 Å². The molecule has 0 spiro atoms. The number of aromatic nitrogens is 2. The van der Waals surface area contributed by atoms with Gasteiger partial charge in [-0.05, 0) is 31.2 Å². The first-order valence-corrected chi connectivity index (χ1v) is 10.3. The number of aliphatic hydroxyl groups is 1. The smallest absolute Gasteiger partial charge is 0.273 e. The number of hydrogen-bond acceptors (Lipinski definition) is 6. The van der Waals surface area contributed by atoms with Gasteiger partial charge in [0.2, 0.25) is 0 Å². The summed E-state index contributed by atoms with van der Waals surface area (Å²) in [6.45, 7) is 1.57. The van der Waals surface area contributed by atoms with Gasteiger partial charge in [0.15, 0.2) is 0 Å². The molecule has 29 heavy (non-hydrogen) atoms. The van der Waals surface area contributed by atoms with Gasteiger partial charge < -0.3 is 24.9 Å². The number of carbonyl (C=O) groups excluding carboxylic acids is 1. The summed E-state index contributed by atoms with van der Waals surface area (Å²) in [7, 11) is -1.08. The zero-order valence-electron chi connectivity index (χ0n) is 15.9. The molecule has 2 atom stereocenters. The fourth-order valence-electron chi connectivity index (χ4n) is 2.45. The second-order valence-electron chi connectivity index (χ2n) is 6.25. The number of carbonyl (C=O) groups is 1. The van der Waals surface area contributed by atoms with Crippen molar-refractivity contribution in [1.82, 2.24) is 9.97 Å². The Balaban J connectivity index is 1.85. The van der Waals surface area contributed by atoms with Crippen molar-refractivity contribution in [2.24, 2.45) is 0 Å². The number of rotatable bonds is 8. The third-order valence-corrected chi connectivity index (χ3v) is 4.80. The lowest BCUT2D eigenvalue weighted by atomic mass is 10.2. The zero-order valence-corrected chi connectivity index (χ0v) is 16.7. The van der Waals surface area contributed by atoms with E-state index in [9.17, 15) is 14.1 Å². The Hall–Kier alpha value is -3.17. The maximum atomic E-state index is 12.3. The fourth-order valence-corrected chi connectivity index (χ4v) is 2.97. The average Bonchev–Trinajstić information content (AvgIpc) is 3.23. The van der Waals surface area contributed by atoms with Crippen LogP contribution in [0.15, 0.2) is 59.9 Å². The van der Waals surface area contributed by atoms with Gasteiger partial charge in [0, 0.05) is 45.8 Å². The molecule has 3 N–H and O–H groups in total. The Labute approximate surface area is 170 Å². The monoisotopic (exact) mass is 415 g/mol. The van der Waals surface area contributed by atoms with E-state index in [1.807, 2.05) is 0 Å². The van der Waals surface area contributed by atoms with Crippen LogP contribution in [-0.4, -0.2) is 44.2 Å². The molecule has 9 heteroatoms. The molecule has 0 aliphatic carbocycles. The largest absolute Gasteiger partial charge is 0.488 e. The van der Waals surface area contributed by atoms with Crippen molar-refractivity contribution in [2.45, 2.75) is 17.9 Å². The van der Waals surface area contributed by atoms with Crippen molar-refractivity contribution in [3.8, 4) is 17.2 Å². The molecule has 0 bridgehead atoms. The molecule has 152 valence electrons. The normalized spacial score (nSPS) is 12.8. The van der Waals surface area contributed by atoms with Crippen molar-refractivity contribution >= 4 is 22.4 Å². The fraction of sp³-hybridized carbons (Fsp3) is 0.200. The van der Waals surface area contributed by atoms with Crippen LogP contribution in [0, 0.1) is 0 Å². The predicted octanol–water partition coefficient (Wildman–Crippen LogP) is 2.95. The third-order valence-electron chi connectivity index (χ3n) is 3.87. The Bertz CT molecular complexity index is 990. The number of nitrogens with zero attached hydrogens (tertiary/aromatic N) is 1. The Kier molecular flexibility index (Phi) is 6.63. The van der Waals surface area contributed by atoms with Gasteiger partial charge in [0.25, 0.3) is 5.91 Å². The SMILES string of the molecule is C[C@@H](CO)Oc1cc(NC(=O)c2cnc[nH]2)cc(Oc2ccc(S(C)=O)cc2)c1. The molecule has 8 nitrogen and oxygen atoms in total. The second-order valence-corrected chi connectivity index (χ2v) is 7.63. The van der Waals surface area contributed by atoms with E-state index >= 15 is 0 Å². The molecule has 0 saturated carbocycles.